The second-order valence-corrected chi connectivity index (χ2v) is 5.45. The normalized spacial score (nSPS) is 11.6. The molecule has 0 fully saturated rings. The SMILES string of the molecule is C=Cc1cccc(S(=O)(=O)[O-])c1S(=O)(=O)[O-].[Ca+2]. The maximum Gasteiger partial charge on any atom is 2.00 e. The molecule has 1 aromatic carbocycles. The van der Waals surface area contributed by atoms with Gasteiger partial charge in [0.25, 0.3) is 0 Å². The summed E-state index contributed by atoms with van der Waals surface area (Å²) in [7, 11) is -10.1. The molecule has 0 spiro atoms. The average Bonchev–Trinajstić information content (AvgIpc) is 2.13. The van der Waals surface area contributed by atoms with Crippen LogP contribution in [0, 0.1) is 0 Å². The van der Waals surface area contributed by atoms with Crippen LogP contribution in [-0.4, -0.2) is 63.7 Å². The van der Waals surface area contributed by atoms with Crippen molar-refractivity contribution in [3.63, 3.8) is 0 Å². The molecular formula is C8H6CaO6S2. The van der Waals surface area contributed by atoms with Crippen LogP contribution in [0.15, 0.2) is 34.6 Å². The van der Waals surface area contributed by atoms with E-state index in [1.54, 1.807) is 0 Å². The van der Waals surface area contributed by atoms with E-state index in [2.05, 4.69) is 6.58 Å². The van der Waals surface area contributed by atoms with Gasteiger partial charge in [-0.05, 0) is 11.6 Å². The Morgan fingerprint density at radius 3 is 1.94 bits per heavy atom. The molecule has 0 unspecified atom stereocenters. The van der Waals surface area contributed by atoms with Crippen molar-refractivity contribution < 1.29 is 25.9 Å². The summed E-state index contributed by atoms with van der Waals surface area (Å²) in [6.07, 6.45) is 0.986. The van der Waals surface area contributed by atoms with E-state index in [1.807, 2.05) is 0 Å². The van der Waals surface area contributed by atoms with Gasteiger partial charge < -0.3 is 9.11 Å². The van der Waals surface area contributed by atoms with Gasteiger partial charge in [-0.3, -0.25) is 0 Å². The van der Waals surface area contributed by atoms with E-state index in [-0.39, 0.29) is 43.3 Å². The molecule has 0 atom stereocenters. The maximum atomic E-state index is 10.9. The van der Waals surface area contributed by atoms with E-state index in [9.17, 15) is 25.9 Å². The van der Waals surface area contributed by atoms with Crippen molar-refractivity contribution in [3.8, 4) is 0 Å². The zero-order valence-corrected chi connectivity index (χ0v) is 12.3. The molecular weight excluding hydrogens is 296 g/mol. The molecule has 17 heavy (non-hydrogen) atoms. The first-order valence-electron chi connectivity index (χ1n) is 3.85. The Balaban J connectivity index is 0.00000256. The fraction of sp³-hybridized carbons (Fsp3) is 0. The number of rotatable bonds is 3. The number of benzene rings is 1. The largest absolute Gasteiger partial charge is 2.00 e. The minimum Gasteiger partial charge on any atom is -0.744 e. The van der Waals surface area contributed by atoms with Gasteiger partial charge in [-0.1, -0.05) is 24.8 Å². The standard InChI is InChI=1S/C8H8O6S2.Ca/c1-2-6-4-3-5-7(15(9,10)11)8(6)16(12,13)14;/h2-5H,1H2,(H,9,10,11)(H,12,13,14);/q;+2/p-2. The first-order valence-corrected chi connectivity index (χ1v) is 6.67. The summed E-state index contributed by atoms with van der Waals surface area (Å²) >= 11 is 0. The number of hydrogen-bond acceptors (Lipinski definition) is 6. The van der Waals surface area contributed by atoms with E-state index in [0.29, 0.717) is 0 Å². The predicted octanol–water partition coefficient (Wildman–Crippen LogP) is -0.243. The Labute approximate surface area is 129 Å². The Kier molecular flexibility index (Phi) is 5.80. The van der Waals surface area contributed by atoms with Crippen molar-refractivity contribution in [3.05, 3.63) is 30.3 Å². The second-order valence-electron chi connectivity index (χ2n) is 2.79. The molecule has 0 saturated carbocycles. The topological polar surface area (TPSA) is 114 Å². The van der Waals surface area contributed by atoms with E-state index >= 15 is 0 Å². The zero-order valence-electron chi connectivity index (χ0n) is 8.49. The Morgan fingerprint density at radius 1 is 1.06 bits per heavy atom. The molecule has 0 N–H and O–H groups in total. The fourth-order valence-electron chi connectivity index (χ4n) is 1.16. The van der Waals surface area contributed by atoms with Crippen LogP contribution in [-0.2, 0) is 20.2 Å². The Bertz CT molecular complexity index is 632. The molecule has 0 amide bonds. The molecule has 0 aliphatic carbocycles. The quantitative estimate of drug-likeness (QED) is 0.562. The van der Waals surface area contributed by atoms with Gasteiger partial charge in [0, 0.05) is 0 Å². The summed E-state index contributed by atoms with van der Waals surface area (Å²) in [6.45, 7) is 3.23. The molecule has 0 bridgehead atoms. The van der Waals surface area contributed by atoms with Crippen LogP contribution in [0.2, 0.25) is 0 Å². The molecule has 0 heterocycles. The van der Waals surface area contributed by atoms with E-state index < -0.39 is 30.0 Å². The predicted molar refractivity (Wildman–Crippen MR) is 58.2 cm³/mol. The zero-order chi connectivity index (χ0) is 12.6. The molecule has 9 heteroatoms. The van der Waals surface area contributed by atoms with Gasteiger partial charge in [0.1, 0.15) is 20.2 Å². The fourth-order valence-corrected chi connectivity index (χ4v) is 3.11. The molecule has 1 aromatic rings. The summed E-state index contributed by atoms with van der Waals surface area (Å²) in [5.74, 6) is 0. The third kappa shape index (κ3) is 4.02. The van der Waals surface area contributed by atoms with Crippen LogP contribution in [0.4, 0.5) is 0 Å². The van der Waals surface area contributed by atoms with Crippen molar-refractivity contribution in [1.82, 2.24) is 0 Å². The van der Waals surface area contributed by atoms with Crippen molar-refractivity contribution in [2.75, 3.05) is 0 Å². The van der Waals surface area contributed by atoms with Gasteiger partial charge in [-0.15, -0.1) is 0 Å². The summed E-state index contributed by atoms with van der Waals surface area (Å²) in [5, 5.41) is 0. The van der Waals surface area contributed by atoms with Gasteiger partial charge in [0.15, 0.2) is 0 Å². The van der Waals surface area contributed by atoms with E-state index in [4.69, 9.17) is 0 Å². The average molecular weight is 302 g/mol. The van der Waals surface area contributed by atoms with Gasteiger partial charge >= 0.3 is 37.7 Å². The molecule has 0 aliphatic rings. The first-order chi connectivity index (χ1) is 7.18. The van der Waals surface area contributed by atoms with Gasteiger partial charge in [-0.2, -0.15) is 0 Å². The molecule has 88 valence electrons. The third-order valence-corrected chi connectivity index (χ3v) is 3.71. The van der Waals surface area contributed by atoms with Crippen LogP contribution >= 0.6 is 0 Å². The third-order valence-electron chi connectivity index (χ3n) is 1.75. The van der Waals surface area contributed by atoms with Crippen molar-refractivity contribution >= 4 is 64.1 Å². The molecule has 6 nitrogen and oxygen atoms in total. The first kappa shape index (κ1) is 17.0. The second kappa shape index (κ2) is 5.79. The van der Waals surface area contributed by atoms with Crippen molar-refractivity contribution in [2.45, 2.75) is 9.79 Å². The van der Waals surface area contributed by atoms with Crippen molar-refractivity contribution in [2.24, 2.45) is 0 Å². The monoisotopic (exact) mass is 302 g/mol. The van der Waals surface area contributed by atoms with E-state index in [1.165, 1.54) is 6.07 Å². The minimum atomic E-state index is -5.06. The summed E-state index contributed by atoms with van der Waals surface area (Å²) < 4.78 is 64.9. The summed E-state index contributed by atoms with van der Waals surface area (Å²) in [5.41, 5.74) is -0.216. The summed E-state index contributed by atoms with van der Waals surface area (Å²) in [6, 6.07) is 3.09. The van der Waals surface area contributed by atoms with Gasteiger partial charge in [0.05, 0.1) is 9.79 Å². The smallest absolute Gasteiger partial charge is 0.744 e. The number of hydrogen-bond donors (Lipinski definition) is 0. The van der Waals surface area contributed by atoms with Crippen LogP contribution in [0.3, 0.4) is 0 Å². The molecule has 1 rings (SSSR count). The molecule has 0 saturated heterocycles. The van der Waals surface area contributed by atoms with Crippen LogP contribution in [0.5, 0.6) is 0 Å². The summed E-state index contributed by atoms with van der Waals surface area (Å²) in [4.78, 5) is -2.11. The molecule has 0 aromatic heterocycles. The van der Waals surface area contributed by atoms with Crippen LogP contribution < -0.4 is 0 Å². The Hall–Kier alpha value is 0.0397. The Morgan fingerprint density at radius 2 is 1.59 bits per heavy atom. The van der Waals surface area contributed by atoms with E-state index in [0.717, 1.165) is 18.2 Å². The molecule has 0 aliphatic heterocycles. The van der Waals surface area contributed by atoms with Gasteiger partial charge in [0.2, 0.25) is 0 Å². The van der Waals surface area contributed by atoms with Gasteiger partial charge in [-0.25, -0.2) is 16.8 Å². The van der Waals surface area contributed by atoms with Crippen molar-refractivity contribution in [1.29, 1.82) is 0 Å². The minimum absolute atomic E-state index is 0. The van der Waals surface area contributed by atoms with Crippen LogP contribution in [0.25, 0.3) is 6.08 Å². The molecule has 0 radical (unpaired) electrons. The van der Waals surface area contributed by atoms with Crippen LogP contribution in [0.1, 0.15) is 5.56 Å². The maximum absolute atomic E-state index is 10.9.